The van der Waals surface area contributed by atoms with Crippen molar-refractivity contribution in [3.8, 4) is 0 Å². The van der Waals surface area contributed by atoms with Crippen molar-refractivity contribution >= 4 is 11.6 Å². The molecular formula is C17H20ClN. The molecule has 2 heteroatoms. The van der Waals surface area contributed by atoms with Gasteiger partial charge in [0.05, 0.1) is 0 Å². The topological polar surface area (TPSA) is 12.0 Å². The van der Waals surface area contributed by atoms with Crippen molar-refractivity contribution in [2.24, 2.45) is 0 Å². The van der Waals surface area contributed by atoms with Crippen LogP contribution in [0.4, 0.5) is 0 Å². The first-order valence-corrected chi connectivity index (χ1v) is 7.05. The Balaban J connectivity index is 1.82. The summed E-state index contributed by atoms with van der Waals surface area (Å²) in [5.41, 5.74) is 5.45. The average molecular weight is 274 g/mol. The fourth-order valence-corrected chi connectivity index (χ4v) is 2.35. The van der Waals surface area contributed by atoms with Gasteiger partial charge in [0.2, 0.25) is 0 Å². The van der Waals surface area contributed by atoms with Gasteiger partial charge in [0.1, 0.15) is 0 Å². The lowest BCUT2D eigenvalue weighted by molar-refractivity contribution is 0.682. The maximum atomic E-state index is 5.87. The number of benzene rings is 2. The van der Waals surface area contributed by atoms with Gasteiger partial charge in [-0.1, -0.05) is 41.9 Å². The Kier molecular flexibility index (Phi) is 5.00. The Morgan fingerprint density at radius 2 is 1.58 bits per heavy atom. The van der Waals surface area contributed by atoms with Crippen LogP contribution in [-0.2, 0) is 13.0 Å². The van der Waals surface area contributed by atoms with Gasteiger partial charge in [-0.05, 0) is 61.2 Å². The van der Waals surface area contributed by atoms with Gasteiger partial charge >= 0.3 is 0 Å². The molecule has 0 amide bonds. The first-order valence-electron chi connectivity index (χ1n) is 6.67. The van der Waals surface area contributed by atoms with E-state index < -0.39 is 0 Å². The molecule has 0 radical (unpaired) electrons. The molecule has 0 fully saturated rings. The van der Waals surface area contributed by atoms with Crippen LogP contribution in [0.5, 0.6) is 0 Å². The number of nitrogens with one attached hydrogen (secondary N) is 1. The predicted octanol–water partition coefficient (Wildman–Crippen LogP) is 4.29. The lowest BCUT2D eigenvalue weighted by Crippen LogP contribution is -2.18. The molecule has 0 unspecified atom stereocenters. The molecule has 19 heavy (non-hydrogen) atoms. The molecular weight excluding hydrogens is 254 g/mol. The van der Waals surface area contributed by atoms with E-state index in [0.717, 1.165) is 24.5 Å². The minimum absolute atomic E-state index is 0.798. The largest absolute Gasteiger partial charge is 0.312 e. The second kappa shape index (κ2) is 6.74. The van der Waals surface area contributed by atoms with Crippen LogP contribution in [0.2, 0.25) is 5.02 Å². The van der Waals surface area contributed by atoms with Crippen LogP contribution < -0.4 is 5.32 Å². The Morgan fingerprint density at radius 3 is 2.21 bits per heavy atom. The normalized spacial score (nSPS) is 10.7. The smallest absolute Gasteiger partial charge is 0.0406 e. The number of hydrogen-bond acceptors (Lipinski definition) is 1. The van der Waals surface area contributed by atoms with Crippen molar-refractivity contribution in [3.05, 3.63) is 69.7 Å². The number of aryl methyl sites for hydroxylation is 2. The van der Waals surface area contributed by atoms with Crippen molar-refractivity contribution in [3.63, 3.8) is 0 Å². The SMILES string of the molecule is Cc1cccc(C)c1CNCCc1ccc(Cl)cc1. The van der Waals surface area contributed by atoms with Crippen LogP contribution >= 0.6 is 11.6 Å². The maximum Gasteiger partial charge on any atom is 0.0406 e. The van der Waals surface area contributed by atoms with E-state index in [2.05, 4.69) is 49.5 Å². The summed E-state index contributed by atoms with van der Waals surface area (Å²) in [4.78, 5) is 0. The standard InChI is InChI=1S/C17H20ClN/c1-13-4-3-5-14(2)17(13)12-19-11-10-15-6-8-16(18)9-7-15/h3-9,19H,10-12H2,1-2H3. The first-order chi connectivity index (χ1) is 9.16. The van der Waals surface area contributed by atoms with Gasteiger partial charge in [0, 0.05) is 11.6 Å². The molecule has 0 saturated heterocycles. The van der Waals surface area contributed by atoms with Crippen molar-refractivity contribution in [2.75, 3.05) is 6.54 Å². The summed E-state index contributed by atoms with van der Waals surface area (Å²) in [6.07, 6.45) is 1.03. The molecule has 0 saturated carbocycles. The van der Waals surface area contributed by atoms with Crippen molar-refractivity contribution in [1.29, 1.82) is 0 Å². The third kappa shape index (κ3) is 4.09. The quantitative estimate of drug-likeness (QED) is 0.802. The molecule has 0 spiro atoms. The molecule has 2 rings (SSSR count). The van der Waals surface area contributed by atoms with E-state index in [1.807, 2.05) is 12.1 Å². The molecule has 0 atom stereocenters. The zero-order chi connectivity index (χ0) is 13.7. The van der Waals surface area contributed by atoms with Gasteiger partial charge in [0.25, 0.3) is 0 Å². The van der Waals surface area contributed by atoms with Crippen molar-refractivity contribution in [1.82, 2.24) is 5.32 Å². The average Bonchev–Trinajstić information content (AvgIpc) is 2.39. The van der Waals surface area contributed by atoms with E-state index >= 15 is 0 Å². The molecule has 1 N–H and O–H groups in total. The van der Waals surface area contributed by atoms with Crippen LogP contribution in [0, 0.1) is 13.8 Å². The summed E-state index contributed by atoms with van der Waals surface area (Å²) in [7, 11) is 0. The van der Waals surface area contributed by atoms with Crippen molar-refractivity contribution in [2.45, 2.75) is 26.8 Å². The lowest BCUT2D eigenvalue weighted by Gasteiger charge is -2.11. The van der Waals surface area contributed by atoms with E-state index in [4.69, 9.17) is 11.6 Å². The van der Waals surface area contributed by atoms with E-state index in [1.165, 1.54) is 22.3 Å². The molecule has 0 aliphatic rings. The zero-order valence-electron chi connectivity index (χ0n) is 11.5. The maximum absolute atomic E-state index is 5.87. The highest BCUT2D eigenvalue weighted by Gasteiger charge is 2.01. The minimum Gasteiger partial charge on any atom is -0.312 e. The molecule has 0 bridgehead atoms. The second-order valence-corrected chi connectivity index (χ2v) is 5.36. The van der Waals surface area contributed by atoms with Crippen LogP contribution in [0.1, 0.15) is 22.3 Å². The molecule has 0 aromatic heterocycles. The van der Waals surface area contributed by atoms with Gasteiger partial charge in [-0.15, -0.1) is 0 Å². The molecule has 0 aliphatic carbocycles. The summed E-state index contributed by atoms with van der Waals surface area (Å²) in [5.74, 6) is 0. The van der Waals surface area contributed by atoms with E-state index in [-0.39, 0.29) is 0 Å². The molecule has 100 valence electrons. The first kappa shape index (κ1) is 14.1. The Labute approximate surface area is 120 Å². The van der Waals surface area contributed by atoms with Gasteiger partial charge in [-0.25, -0.2) is 0 Å². The highest BCUT2D eigenvalue weighted by molar-refractivity contribution is 6.30. The number of hydrogen-bond donors (Lipinski definition) is 1. The highest BCUT2D eigenvalue weighted by atomic mass is 35.5. The molecule has 0 heterocycles. The number of rotatable bonds is 5. The van der Waals surface area contributed by atoms with Crippen molar-refractivity contribution < 1.29 is 0 Å². The Hall–Kier alpha value is -1.31. The van der Waals surface area contributed by atoms with Crippen LogP contribution in [-0.4, -0.2) is 6.54 Å². The van der Waals surface area contributed by atoms with Gasteiger partial charge in [-0.2, -0.15) is 0 Å². The summed E-state index contributed by atoms with van der Waals surface area (Å²) in [5, 5.41) is 4.31. The van der Waals surface area contributed by atoms with E-state index in [9.17, 15) is 0 Å². The molecule has 0 aliphatic heterocycles. The monoisotopic (exact) mass is 273 g/mol. The summed E-state index contributed by atoms with van der Waals surface area (Å²) in [6.45, 7) is 6.26. The number of halogens is 1. The van der Waals surface area contributed by atoms with Gasteiger partial charge in [0.15, 0.2) is 0 Å². The summed E-state index contributed by atoms with van der Waals surface area (Å²) < 4.78 is 0. The highest BCUT2D eigenvalue weighted by Crippen LogP contribution is 2.13. The zero-order valence-corrected chi connectivity index (χ0v) is 12.3. The Morgan fingerprint density at radius 1 is 0.947 bits per heavy atom. The summed E-state index contributed by atoms with van der Waals surface area (Å²) >= 11 is 5.87. The Bertz CT molecular complexity index is 511. The van der Waals surface area contributed by atoms with Crippen LogP contribution in [0.3, 0.4) is 0 Å². The molecule has 2 aromatic carbocycles. The second-order valence-electron chi connectivity index (χ2n) is 4.92. The minimum atomic E-state index is 0.798. The fraction of sp³-hybridized carbons (Fsp3) is 0.294. The fourth-order valence-electron chi connectivity index (χ4n) is 2.23. The van der Waals surface area contributed by atoms with E-state index in [1.54, 1.807) is 0 Å². The predicted molar refractivity (Wildman–Crippen MR) is 82.8 cm³/mol. The lowest BCUT2D eigenvalue weighted by atomic mass is 10.0. The molecule has 2 aromatic rings. The third-order valence-corrected chi connectivity index (χ3v) is 3.70. The van der Waals surface area contributed by atoms with Crippen LogP contribution in [0.25, 0.3) is 0 Å². The molecule has 1 nitrogen and oxygen atoms in total. The third-order valence-electron chi connectivity index (χ3n) is 3.45. The van der Waals surface area contributed by atoms with E-state index in [0.29, 0.717) is 0 Å². The summed E-state index contributed by atoms with van der Waals surface area (Å²) in [6, 6.07) is 14.5. The van der Waals surface area contributed by atoms with Crippen LogP contribution in [0.15, 0.2) is 42.5 Å². The van der Waals surface area contributed by atoms with Gasteiger partial charge < -0.3 is 5.32 Å². The van der Waals surface area contributed by atoms with Gasteiger partial charge in [-0.3, -0.25) is 0 Å².